The fourth-order valence-electron chi connectivity index (χ4n) is 3.64. The molecule has 0 fully saturated rings. The molecular weight excluding hydrogens is 388 g/mol. The number of carbonyl (C=O) groups is 1. The van der Waals surface area contributed by atoms with Gasteiger partial charge < -0.3 is 10.5 Å². The van der Waals surface area contributed by atoms with E-state index in [4.69, 9.17) is 20.4 Å². The van der Waals surface area contributed by atoms with Crippen LogP contribution in [0.4, 0.5) is 5.82 Å². The highest BCUT2D eigenvalue weighted by atomic mass is 16.5. The number of esters is 1. The summed E-state index contributed by atoms with van der Waals surface area (Å²) >= 11 is 0. The second-order valence-electron chi connectivity index (χ2n) is 7.87. The molecule has 1 unspecified atom stereocenters. The minimum atomic E-state index is -0.472. The molecule has 4 aromatic rings. The van der Waals surface area contributed by atoms with Gasteiger partial charge in [0.05, 0.1) is 17.1 Å². The summed E-state index contributed by atoms with van der Waals surface area (Å²) in [6, 6.07) is 15.8. The summed E-state index contributed by atoms with van der Waals surface area (Å²) in [7, 11) is 0. The standard InChI is InChI=1S/C25H28N4O2/c1-4-6-9-17-12-14-18(15-13-17)29-23(26)21(25(30)31-16(3)5-2)22-24(29)28-20-11-8-7-10-19(20)27-22/h7-8,10-16H,4-6,9,26H2,1-3H3. The Hall–Kier alpha value is -3.41. The molecule has 6 nitrogen and oxygen atoms in total. The number of nitrogens with zero attached hydrogens (tertiary/aromatic N) is 3. The van der Waals surface area contributed by atoms with Crippen LogP contribution in [-0.4, -0.2) is 26.6 Å². The van der Waals surface area contributed by atoms with Crippen molar-refractivity contribution in [1.29, 1.82) is 0 Å². The van der Waals surface area contributed by atoms with Crippen LogP contribution in [0.2, 0.25) is 0 Å². The molecule has 6 heteroatoms. The third-order valence-corrected chi connectivity index (χ3v) is 5.60. The van der Waals surface area contributed by atoms with E-state index in [-0.39, 0.29) is 11.7 Å². The Morgan fingerprint density at radius 3 is 2.39 bits per heavy atom. The van der Waals surface area contributed by atoms with E-state index in [2.05, 4.69) is 19.1 Å². The van der Waals surface area contributed by atoms with Crippen molar-refractivity contribution in [3.05, 3.63) is 59.7 Å². The Morgan fingerprint density at radius 2 is 1.74 bits per heavy atom. The van der Waals surface area contributed by atoms with Gasteiger partial charge in [0, 0.05) is 5.69 Å². The first-order chi connectivity index (χ1) is 15.0. The second-order valence-corrected chi connectivity index (χ2v) is 7.87. The Balaban J connectivity index is 1.90. The van der Waals surface area contributed by atoms with Gasteiger partial charge in [-0.15, -0.1) is 0 Å². The van der Waals surface area contributed by atoms with Gasteiger partial charge in [0.1, 0.15) is 16.9 Å². The van der Waals surface area contributed by atoms with E-state index in [1.807, 2.05) is 50.2 Å². The minimum absolute atomic E-state index is 0.212. The maximum Gasteiger partial charge on any atom is 0.344 e. The van der Waals surface area contributed by atoms with Crippen molar-refractivity contribution in [2.24, 2.45) is 0 Å². The zero-order valence-electron chi connectivity index (χ0n) is 18.3. The van der Waals surface area contributed by atoms with Crippen LogP contribution in [-0.2, 0) is 11.2 Å². The van der Waals surface area contributed by atoms with Crippen LogP contribution in [0.25, 0.3) is 27.9 Å². The number of aryl methyl sites for hydroxylation is 1. The molecule has 2 aromatic heterocycles. The van der Waals surface area contributed by atoms with Crippen LogP contribution >= 0.6 is 0 Å². The lowest BCUT2D eigenvalue weighted by atomic mass is 10.1. The van der Waals surface area contributed by atoms with Gasteiger partial charge >= 0.3 is 5.97 Å². The topological polar surface area (TPSA) is 83.0 Å². The Bertz CT molecular complexity index is 1230. The number of hydrogen-bond acceptors (Lipinski definition) is 5. The van der Waals surface area contributed by atoms with Gasteiger partial charge in [0.2, 0.25) is 0 Å². The van der Waals surface area contributed by atoms with E-state index in [9.17, 15) is 4.79 Å². The number of unbranched alkanes of at least 4 members (excludes halogenated alkanes) is 1. The van der Waals surface area contributed by atoms with Crippen LogP contribution in [0, 0.1) is 0 Å². The summed E-state index contributed by atoms with van der Waals surface area (Å²) in [5.74, 6) is -0.181. The van der Waals surface area contributed by atoms with Gasteiger partial charge in [0.25, 0.3) is 0 Å². The molecule has 0 aliphatic rings. The Labute approximate surface area is 182 Å². The van der Waals surface area contributed by atoms with Crippen molar-refractivity contribution in [2.45, 2.75) is 52.6 Å². The van der Waals surface area contributed by atoms with E-state index < -0.39 is 5.97 Å². The zero-order chi connectivity index (χ0) is 22.0. The lowest BCUT2D eigenvalue weighted by molar-refractivity contribution is 0.0338. The number of benzene rings is 2. The van der Waals surface area contributed by atoms with E-state index >= 15 is 0 Å². The smallest absolute Gasteiger partial charge is 0.344 e. The van der Waals surface area contributed by atoms with E-state index in [1.54, 1.807) is 4.57 Å². The molecule has 31 heavy (non-hydrogen) atoms. The van der Waals surface area contributed by atoms with E-state index in [1.165, 1.54) is 5.56 Å². The molecule has 0 amide bonds. The zero-order valence-corrected chi connectivity index (χ0v) is 18.3. The Kier molecular flexibility index (Phi) is 5.89. The van der Waals surface area contributed by atoms with Crippen LogP contribution < -0.4 is 5.73 Å². The normalized spacial score (nSPS) is 12.4. The number of nitrogen functional groups attached to an aromatic ring is 1. The van der Waals surface area contributed by atoms with Gasteiger partial charge in [-0.2, -0.15) is 0 Å². The van der Waals surface area contributed by atoms with E-state index in [0.717, 1.165) is 36.9 Å². The molecule has 160 valence electrons. The highest BCUT2D eigenvalue weighted by Crippen LogP contribution is 2.32. The summed E-state index contributed by atoms with van der Waals surface area (Å²) in [6.07, 6.45) is 3.85. The molecule has 2 heterocycles. The summed E-state index contributed by atoms with van der Waals surface area (Å²) in [6.45, 7) is 6.02. The third-order valence-electron chi connectivity index (χ3n) is 5.60. The maximum atomic E-state index is 13.0. The number of para-hydroxylation sites is 2. The number of fused-ring (bicyclic) bond motifs is 2. The quantitative estimate of drug-likeness (QED) is 0.405. The van der Waals surface area contributed by atoms with Crippen molar-refractivity contribution in [1.82, 2.24) is 14.5 Å². The lowest BCUT2D eigenvalue weighted by Crippen LogP contribution is -2.15. The largest absolute Gasteiger partial charge is 0.459 e. The van der Waals surface area contributed by atoms with Crippen molar-refractivity contribution in [3.63, 3.8) is 0 Å². The molecule has 0 bridgehead atoms. The minimum Gasteiger partial charge on any atom is -0.459 e. The van der Waals surface area contributed by atoms with Gasteiger partial charge in [-0.05, 0) is 56.0 Å². The number of rotatable bonds is 7. The van der Waals surface area contributed by atoms with Gasteiger partial charge in [-0.3, -0.25) is 4.57 Å². The Morgan fingerprint density at radius 1 is 1.06 bits per heavy atom. The number of carbonyl (C=O) groups excluding carboxylic acids is 1. The fourth-order valence-corrected chi connectivity index (χ4v) is 3.64. The summed E-state index contributed by atoms with van der Waals surface area (Å²) in [5, 5.41) is 0. The van der Waals surface area contributed by atoms with Gasteiger partial charge in [-0.1, -0.05) is 44.5 Å². The maximum absolute atomic E-state index is 13.0. The van der Waals surface area contributed by atoms with Crippen LogP contribution in [0.5, 0.6) is 0 Å². The first kappa shape index (κ1) is 20.8. The highest BCUT2D eigenvalue weighted by Gasteiger charge is 2.26. The van der Waals surface area contributed by atoms with Crippen molar-refractivity contribution in [3.8, 4) is 5.69 Å². The number of anilines is 1. The second kappa shape index (κ2) is 8.76. The van der Waals surface area contributed by atoms with E-state index in [0.29, 0.717) is 22.5 Å². The molecule has 0 spiro atoms. The van der Waals surface area contributed by atoms with Crippen molar-refractivity contribution < 1.29 is 9.53 Å². The summed E-state index contributed by atoms with van der Waals surface area (Å²) < 4.78 is 7.40. The molecule has 0 aliphatic carbocycles. The third kappa shape index (κ3) is 3.98. The number of ether oxygens (including phenoxy) is 1. The average Bonchev–Trinajstić information content (AvgIpc) is 3.07. The van der Waals surface area contributed by atoms with Crippen molar-refractivity contribution in [2.75, 3.05) is 5.73 Å². The monoisotopic (exact) mass is 416 g/mol. The number of nitrogens with two attached hydrogens (primary N) is 1. The molecule has 4 rings (SSSR count). The molecule has 0 aliphatic heterocycles. The first-order valence-electron chi connectivity index (χ1n) is 10.9. The predicted molar refractivity (Wildman–Crippen MR) is 125 cm³/mol. The van der Waals surface area contributed by atoms with Crippen molar-refractivity contribution >= 4 is 34.0 Å². The van der Waals surface area contributed by atoms with Gasteiger partial charge in [0.15, 0.2) is 5.65 Å². The lowest BCUT2D eigenvalue weighted by Gasteiger charge is -2.11. The highest BCUT2D eigenvalue weighted by molar-refractivity contribution is 6.09. The molecule has 0 saturated heterocycles. The molecule has 1 atom stereocenters. The molecule has 2 aromatic carbocycles. The average molecular weight is 417 g/mol. The molecule has 0 saturated carbocycles. The van der Waals surface area contributed by atoms with Crippen LogP contribution in [0.15, 0.2) is 48.5 Å². The van der Waals surface area contributed by atoms with Crippen LogP contribution in [0.1, 0.15) is 56.0 Å². The fraction of sp³-hybridized carbons (Fsp3) is 0.320. The van der Waals surface area contributed by atoms with Gasteiger partial charge in [-0.25, -0.2) is 14.8 Å². The first-order valence-corrected chi connectivity index (χ1v) is 10.9. The van der Waals surface area contributed by atoms with Crippen LogP contribution in [0.3, 0.4) is 0 Å². The summed E-state index contributed by atoms with van der Waals surface area (Å²) in [4.78, 5) is 22.6. The predicted octanol–water partition coefficient (Wildman–Crippen LogP) is 5.45. The molecule has 0 radical (unpaired) electrons. The number of hydrogen-bond donors (Lipinski definition) is 1. The summed E-state index contributed by atoms with van der Waals surface area (Å²) in [5.41, 5.74) is 11.4. The molecular formula is C25H28N4O2. The SMILES string of the molecule is CCCCc1ccc(-n2c(N)c(C(=O)OC(C)CC)c3nc4ccccc4nc32)cc1. The number of aromatic nitrogens is 3. The molecule has 2 N–H and O–H groups in total.